The topological polar surface area (TPSA) is 76.1 Å². The van der Waals surface area contributed by atoms with E-state index in [9.17, 15) is 18.4 Å². The van der Waals surface area contributed by atoms with Gasteiger partial charge in [0.25, 0.3) is 0 Å². The van der Waals surface area contributed by atoms with Gasteiger partial charge in [-0.1, -0.05) is 18.2 Å². The van der Waals surface area contributed by atoms with Gasteiger partial charge < -0.3 is 14.6 Å². The van der Waals surface area contributed by atoms with Gasteiger partial charge in [-0.15, -0.1) is 0 Å². The first kappa shape index (κ1) is 22.7. The summed E-state index contributed by atoms with van der Waals surface area (Å²) >= 11 is 0. The normalized spacial score (nSPS) is 18.4. The number of ether oxygens (including phenoxy) is 2. The summed E-state index contributed by atoms with van der Waals surface area (Å²) < 4.78 is 37.8. The van der Waals surface area contributed by atoms with Crippen molar-refractivity contribution in [3.8, 4) is 0 Å². The largest absolute Gasteiger partial charge is 0.480 e. The Balaban J connectivity index is 1.58. The van der Waals surface area contributed by atoms with Crippen LogP contribution in [0.1, 0.15) is 25.7 Å². The van der Waals surface area contributed by atoms with Gasteiger partial charge in [-0.25, -0.2) is 23.3 Å². The molecule has 31 heavy (non-hydrogen) atoms. The van der Waals surface area contributed by atoms with Crippen molar-refractivity contribution in [2.24, 2.45) is 11.8 Å². The summed E-state index contributed by atoms with van der Waals surface area (Å²) in [6.07, 6.45) is 2.75. The number of anilines is 2. The predicted molar refractivity (Wildman–Crippen MR) is 110 cm³/mol. The van der Waals surface area contributed by atoms with E-state index in [-0.39, 0.29) is 24.8 Å². The van der Waals surface area contributed by atoms with Gasteiger partial charge in [0.2, 0.25) is 0 Å². The fraction of sp³-hybridized carbons (Fsp3) is 0.391. The molecule has 1 amide bonds. The van der Waals surface area contributed by atoms with Crippen molar-refractivity contribution in [1.82, 2.24) is 0 Å². The molecule has 0 spiro atoms. The molecule has 0 unspecified atom stereocenters. The second kappa shape index (κ2) is 10.9. The Kier molecular flexibility index (Phi) is 7.94. The fourth-order valence-corrected chi connectivity index (χ4v) is 3.69. The van der Waals surface area contributed by atoms with Crippen LogP contribution in [0.5, 0.6) is 0 Å². The molecule has 2 aromatic rings. The molecular formula is C23H25F2NO5. The molecule has 0 aliphatic heterocycles. The number of benzene rings is 2. The quantitative estimate of drug-likeness (QED) is 0.623. The van der Waals surface area contributed by atoms with Gasteiger partial charge in [0.1, 0.15) is 6.61 Å². The summed E-state index contributed by atoms with van der Waals surface area (Å²) in [4.78, 5) is 24.6. The first-order valence-corrected chi connectivity index (χ1v) is 10.2. The Labute approximate surface area is 179 Å². The minimum absolute atomic E-state index is 0.175. The number of aliphatic carboxylic acids is 1. The standard InChI is InChI=1S/C23H25F2NO5/c24-20-11-10-19(12-21(20)25)26(18-4-2-1-3-5-18)23(29)31-14-17-8-6-16(7-9-17)13-30-15-22(27)28/h1-5,10-12,16-17H,6-9,13-15H2,(H,27,28)/t16-,17-. The van der Waals surface area contributed by atoms with Crippen LogP contribution >= 0.6 is 0 Å². The third-order valence-electron chi connectivity index (χ3n) is 5.35. The number of hydrogen-bond donors (Lipinski definition) is 1. The van der Waals surface area contributed by atoms with Crippen LogP contribution in [0.25, 0.3) is 0 Å². The van der Waals surface area contributed by atoms with Crippen LogP contribution < -0.4 is 4.90 Å². The van der Waals surface area contributed by atoms with Gasteiger partial charge >= 0.3 is 12.1 Å². The van der Waals surface area contributed by atoms with Crippen LogP contribution in [-0.4, -0.2) is 37.0 Å². The average molecular weight is 433 g/mol. The summed E-state index contributed by atoms with van der Waals surface area (Å²) in [5, 5.41) is 8.63. The van der Waals surface area contributed by atoms with Crippen LogP contribution in [-0.2, 0) is 14.3 Å². The summed E-state index contributed by atoms with van der Waals surface area (Å²) in [6.45, 7) is 0.335. The maximum Gasteiger partial charge on any atom is 0.418 e. The summed E-state index contributed by atoms with van der Waals surface area (Å²) in [7, 11) is 0. The lowest BCUT2D eigenvalue weighted by atomic mass is 9.83. The highest BCUT2D eigenvalue weighted by Crippen LogP contribution is 2.31. The van der Waals surface area contributed by atoms with Crippen molar-refractivity contribution < 1.29 is 33.0 Å². The highest BCUT2D eigenvalue weighted by Gasteiger charge is 2.25. The molecule has 1 aliphatic carbocycles. The van der Waals surface area contributed by atoms with Crippen molar-refractivity contribution in [2.45, 2.75) is 25.7 Å². The lowest BCUT2D eigenvalue weighted by molar-refractivity contribution is -0.142. The van der Waals surface area contributed by atoms with Crippen LogP contribution in [0.3, 0.4) is 0 Å². The highest BCUT2D eigenvalue weighted by molar-refractivity contribution is 5.95. The highest BCUT2D eigenvalue weighted by atomic mass is 19.2. The van der Waals surface area contributed by atoms with Crippen LogP contribution in [0.2, 0.25) is 0 Å². The van der Waals surface area contributed by atoms with Crippen molar-refractivity contribution >= 4 is 23.4 Å². The molecule has 3 rings (SSSR count). The third-order valence-corrected chi connectivity index (χ3v) is 5.35. The summed E-state index contributed by atoms with van der Waals surface area (Å²) in [5.74, 6) is -2.54. The van der Waals surface area contributed by atoms with E-state index >= 15 is 0 Å². The van der Waals surface area contributed by atoms with Crippen LogP contribution in [0.15, 0.2) is 48.5 Å². The number of nitrogens with zero attached hydrogens (tertiary/aromatic N) is 1. The molecule has 2 aromatic carbocycles. The molecule has 0 saturated heterocycles. The molecule has 166 valence electrons. The molecule has 1 saturated carbocycles. The zero-order valence-corrected chi connectivity index (χ0v) is 17.0. The van der Waals surface area contributed by atoms with Crippen molar-refractivity contribution in [1.29, 1.82) is 0 Å². The zero-order valence-electron chi connectivity index (χ0n) is 17.0. The maximum absolute atomic E-state index is 13.8. The van der Waals surface area contributed by atoms with Crippen LogP contribution in [0.4, 0.5) is 25.0 Å². The molecule has 1 N–H and O–H groups in total. The van der Waals surface area contributed by atoms with E-state index < -0.39 is 23.7 Å². The number of amides is 1. The van der Waals surface area contributed by atoms with E-state index in [4.69, 9.17) is 14.6 Å². The first-order valence-electron chi connectivity index (χ1n) is 10.2. The SMILES string of the molecule is O=C(O)COC[C@H]1CC[C@H](COC(=O)N(c2ccccc2)c2ccc(F)c(F)c2)CC1. The Morgan fingerprint density at radius 3 is 2.16 bits per heavy atom. The molecule has 1 aliphatic rings. The van der Waals surface area contributed by atoms with Crippen molar-refractivity contribution in [2.75, 3.05) is 24.7 Å². The van der Waals surface area contributed by atoms with Gasteiger partial charge in [-0.05, 0) is 61.8 Å². The average Bonchev–Trinajstić information content (AvgIpc) is 2.76. The number of hydrogen-bond acceptors (Lipinski definition) is 4. The molecular weight excluding hydrogens is 408 g/mol. The van der Waals surface area contributed by atoms with Crippen LogP contribution in [0, 0.1) is 23.5 Å². The predicted octanol–water partition coefficient (Wildman–Crippen LogP) is 5.15. The Hall–Kier alpha value is -3.00. The summed E-state index contributed by atoms with van der Waals surface area (Å²) in [5.41, 5.74) is 0.659. The second-order valence-electron chi connectivity index (χ2n) is 7.64. The lowest BCUT2D eigenvalue weighted by Gasteiger charge is -2.29. The minimum Gasteiger partial charge on any atom is -0.480 e. The molecule has 0 heterocycles. The molecule has 1 fully saturated rings. The van der Waals surface area contributed by atoms with E-state index in [1.165, 1.54) is 11.0 Å². The molecule has 0 bridgehead atoms. The first-order chi connectivity index (χ1) is 14.9. The minimum atomic E-state index is -1.05. The van der Waals surface area contributed by atoms with Gasteiger partial charge in [-0.3, -0.25) is 0 Å². The maximum atomic E-state index is 13.8. The van der Waals surface area contributed by atoms with Gasteiger partial charge in [0.15, 0.2) is 11.6 Å². The second-order valence-corrected chi connectivity index (χ2v) is 7.64. The number of carboxylic acid groups (broad SMARTS) is 1. The van der Waals surface area contributed by atoms with E-state index in [0.29, 0.717) is 18.2 Å². The van der Waals surface area contributed by atoms with Crippen molar-refractivity contribution in [3.05, 3.63) is 60.2 Å². The Morgan fingerprint density at radius 1 is 0.903 bits per heavy atom. The number of rotatable bonds is 8. The number of carboxylic acids is 1. The molecule has 8 heteroatoms. The number of para-hydroxylation sites is 1. The van der Waals surface area contributed by atoms with Gasteiger partial charge in [-0.2, -0.15) is 0 Å². The van der Waals surface area contributed by atoms with E-state index in [1.54, 1.807) is 30.3 Å². The zero-order chi connectivity index (χ0) is 22.2. The fourth-order valence-electron chi connectivity index (χ4n) is 3.69. The van der Waals surface area contributed by atoms with Gasteiger partial charge in [0, 0.05) is 6.07 Å². The molecule has 0 atom stereocenters. The van der Waals surface area contributed by atoms with Gasteiger partial charge in [0.05, 0.1) is 24.6 Å². The third kappa shape index (κ3) is 6.49. The lowest BCUT2D eigenvalue weighted by Crippen LogP contribution is -2.30. The monoisotopic (exact) mass is 433 g/mol. The van der Waals surface area contributed by atoms with E-state index in [1.807, 2.05) is 0 Å². The Bertz CT molecular complexity index is 885. The molecule has 0 aromatic heterocycles. The number of halogens is 2. The number of carbonyl (C=O) groups is 2. The molecule has 0 radical (unpaired) electrons. The summed E-state index contributed by atoms with van der Waals surface area (Å²) in [6, 6.07) is 11.9. The Morgan fingerprint density at radius 2 is 1.55 bits per heavy atom. The smallest absolute Gasteiger partial charge is 0.418 e. The van der Waals surface area contributed by atoms with E-state index in [0.717, 1.165) is 37.8 Å². The molecule has 6 nitrogen and oxygen atoms in total. The van der Waals surface area contributed by atoms with Crippen molar-refractivity contribution in [3.63, 3.8) is 0 Å². The van der Waals surface area contributed by atoms with E-state index in [2.05, 4.69) is 0 Å². The number of carbonyl (C=O) groups excluding carboxylic acids is 1.